The van der Waals surface area contributed by atoms with Gasteiger partial charge in [0.1, 0.15) is 0 Å². The summed E-state index contributed by atoms with van der Waals surface area (Å²) in [5, 5.41) is 0. The first kappa shape index (κ1) is 13.6. The molecule has 0 amide bonds. The average molecular weight is 317 g/mol. The maximum Gasteiger partial charge on any atom is 0.339 e. The van der Waals surface area contributed by atoms with Crippen LogP contribution in [0.5, 0.6) is 0 Å². The Morgan fingerprint density at radius 1 is 1.11 bits per heavy atom. The van der Waals surface area contributed by atoms with Crippen molar-refractivity contribution in [1.29, 1.82) is 0 Å². The van der Waals surface area contributed by atoms with Crippen molar-refractivity contribution >= 4 is 27.5 Å². The van der Waals surface area contributed by atoms with Crippen molar-refractivity contribution in [2.24, 2.45) is 0 Å². The molecule has 0 heterocycles. The Labute approximate surface area is 120 Å². The maximum atomic E-state index is 11.7. The normalized spacial score (nSPS) is 13.7. The molecule has 19 heavy (non-hydrogen) atoms. The van der Waals surface area contributed by atoms with Crippen LogP contribution in [0.2, 0.25) is 0 Å². The summed E-state index contributed by atoms with van der Waals surface area (Å²) in [6.07, 6.45) is 13.8. The molecule has 0 atom stereocenters. The molecule has 0 fully saturated rings. The zero-order valence-electron chi connectivity index (χ0n) is 10.5. The van der Waals surface area contributed by atoms with E-state index in [1.54, 1.807) is 0 Å². The number of esters is 1. The second kappa shape index (κ2) is 6.34. The molecule has 1 aliphatic rings. The van der Waals surface area contributed by atoms with E-state index in [0.29, 0.717) is 5.56 Å². The number of benzene rings is 1. The van der Waals surface area contributed by atoms with E-state index in [0.717, 1.165) is 15.6 Å². The summed E-state index contributed by atoms with van der Waals surface area (Å²) in [6, 6.07) is 5.64. The molecule has 0 saturated heterocycles. The lowest BCUT2D eigenvalue weighted by Crippen LogP contribution is -2.03. The molecule has 0 N–H and O–H groups in total. The van der Waals surface area contributed by atoms with Gasteiger partial charge in [-0.15, -0.1) is 0 Å². The molecule has 2 nitrogen and oxygen atoms in total. The molecule has 0 spiro atoms. The van der Waals surface area contributed by atoms with Gasteiger partial charge >= 0.3 is 5.97 Å². The molecule has 1 aliphatic carbocycles. The van der Waals surface area contributed by atoms with Crippen molar-refractivity contribution < 1.29 is 9.53 Å². The van der Waals surface area contributed by atoms with Crippen LogP contribution >= 0.6 is 15.9 Å². The van der Waals surface area contributed by atoms with Gasteiger partial charge in [-0.25, -0.2) is 4.79 Å². The van der Waals surface area contributed by atoms with Gasteiger partial charge in [-0.05, 0) is 39.2 Å². The molecule has 1 aromatic carbocycles. The van der Waals surface area contributed by atoms with E-state index < -0.39 is 0 Å². The minimum atomic E-state index is -0.348. The third-order valence-electron chi connectivity index (χ3n) is 2.70. The highest BCUT2D eigenvalue weighted by molar-refractivity contribution is 9.10. The first-order valence-corrected chi connectivity index (χ1v) is 6.61. The SMILES string of the molecule is COC(=O)c1cc(C2=CC=CC=CC=C2)ccc1Br. The monoisotopic (exact) mass is 316 g/mol. The Bertz CT molecular complexity index is 607. The largest absolute Gasteiger partial charge is 0.465 e. The number of carbonyl (C=O) groups is 1. The molecule has 0 unspecified atom stereocenters. The number of halogens is 1. The second-order valence-electron chi connectivity index (χ2n) is 3.94. The lowest BCUT2D eigenvalue weighted by molar-refractivity contribution is 0.0599. The summed E-state index contributed by atoms with van der Waals surface area (Å²) in [7, 11) is 1.38. The van der Waals surface area contributed by atoms with Crippen LogP contribution in [0.1, 0.15) is 15.9 Å². The summed E-state index contributed by atoms with van der Waals surface area (Å²) < 4.78 is 5.50. The molecule has 96 valence electrons. The van der Waals surface area contributed by atoms with Gasteiger partial charge in [0, 0.05) is 4.47 Å². The number of methoxy groups -OCH3 is 1. The number of hydrogen-bond acceptors (Lipinski definition) is 2. The predicted octanol–water partition coefficient (Wildman–Crippen LogP) is 4.30. The van der Waals surface area contributed by atoms with E-state index in [1.165, 1.54) is 7.11 Å². The Morgan fingerprint density at radius 2 is 1.84 bits per heavy atom. The van der Waals surface area contributed by atoms with Crippen LogP contribution in [-0.2, 0) is 4.74 Å². The van der Waals surface area contributed by atoms with Gasteiger partial charge in [0.15, 0.2) is 0 Å². The Morgan fingerprint density at radius 3 is 2.63 bits per heavy atom. The Kier molecular flexibility index (Phi) is 4.53. The first-order chi connectivity index (χ1) is 9.22. The van der Waals surface area contributed by atoms with Crippen LogP contribution in [0.4, 0.5) is 0 Å². The molecule has 2 rings (SSSR count). The third kappa shape index (κ3) is 3.32. The molecule has 1 aromatic rings. The minimum Gasteiger partial charge on any atom is -0.465 e. The molecule has 0 saturated carbocycles. The zero-order valence-corrected chi connectivity index (χ0v) is 12.1. The van der Waals surface area contributed by atoms with Crippen molar-refractivity contribution in [3.05, 3.63) is 76.3 Å². The van der Waals surface area contributed by atoms with Crippen molar-refractivity contribution in [2.75, 3.05) is 7.11 Å². The molecular formula is C16H13BrO2. The fourth-order valence-electron chi connectivity index (χ4n) is 1.73. The van der Waals surface area contributed by atoms with E-state index >= 15 is 0 Å². The minimum absolute atomic E-state index is 0.348. The summed E-state index contributed by atoms with van der Waals surface area (Å²) in [5.74, 6) is -0.348. The van der Waals surface area contributed by atoms with Gasteiger partial charge in [-0.2, -0.15) is 0 Å². The molecule has 0 radical (unpaired) electrons. The lowest BCUT2D eigenvalue weighted by atomic mass is 10.0. The van der Waals surface area contributed by atoms with E-state index in [2.05, 4.69) is 15.9 Å². The third-order valence-corrected chi connectivity index (χ3v) is 3.39. The highest BCUT2D eigenvalue weighted by Gasteiger charge is 2.11. The number of carbonyl (C=O) groups excluding carboxylic acids is 1. The summed E-state index contributed by atoms with van der Waals surface area (Å²) in [5.41, 5.74) is 2.54. The number of hydrogen-bond donors (Lipinski definition) is 0. The van der Waals surface area contributed by atoms with Crippen molar-refractivity contribution in [3.8, 4) is 0 Å². The van der Waals surface area contributed by atoms with Crippen LogP contribution in [0.25, 0.3) is 5.57 Å². The topological polar surface area (TPSA) is 26.3 Å². The number of rotatable bonds is 2. The van der Waals surface area contributed by atoms with Crippen LogP contribution in [0, 0.1) is 0 Å². The highest BCUT2D eigenvalue weighted by atomic mass is 79.9. The highest BCUT2D eigenvalue weighted by Crippen LogP contribution is 2.24. The van der Waals surface area contributed by atoms with Crippen LogP contribution in [-0.4, -0.2) is 13.1 Å². The average Bonchev–Trinajstić information content (AvgIpc) is 2.38. The van der Waals surface area contributed by atoms with Crippen LogP contribution in [0.15, 0.2) is 65.2 Å². The van der Waals surface area contributed by atoms with E-state index in [1.807, 2.05) is 60.7 Å². The number of allylic oxidation sites excluding steroid dienone is 8. The van der Waals surface area contributed by atoms with E-state index in [9.17, 15) is 4.79 Å². The van der Waals surface area contributed by atoms with Gasteiger partial charge < -0.3 is 4.74 Å². The Hall–Kier alpha value is -1.87. The molecular weight excluding hydrogens is 304 g/mol. The van der Waals surface area contributed by atoms with Gasteiger partial charge in [0.2, 0.25) is 0 Å². The Balaban J connectivity index is 2.43. The van der Waals surface area contributed by atoms with Crippen molar-refractivity contribution in [2.45, 2.75) is 0 Å². The lowest BCUT2D eigenvalue weighted by Gasteiger charge is -2.07. The van der Waals surface area contributed by atoms with Crippen LogP contribution in [0.3, 0.4) is 0 Å². The summed E-state index contributed by atoms with van der Waals surface area (Å²) in [6.45, 7) is 0. The standard InChI is InChI=1S/C16H13BrO2/c1-19-16(18)14-11-13(9-10-15(14)17)12-7-5-3-2-4-6-8-12/h2-11H,1H3. The summed E-state index contributed by atoms with van der Waals surface area (Å²) in [4.78, 5) is 11.7. The molecule has 0 bridgehead atoms. The van der Waals surface area contributed by atoms with Crippen LogP contribution < -0.4 is 0 Å². The predicted molar refractivity (Wildman–Crippen MR) is 80.9 cm³/mol. The second-order valence-corrected chi connectivity index (χ2v) is 4.79. The van der Waals surface area contributed by atoms with Crippen molar-refractivity contribution in [3.63, 3.8) is 0 Å². The fourth-order valence-corrected chi connectivity index (χ4v) is 2.14. The number of ether oxygens (including phenoxy) is 1. The van der Waals surface area contributed by atoms with E-state index in [-0.39, 0.29) is 5.97 Å². The molecule has 0 aliphatic heterocycles. The first-order valence-electron chi connectivity index (χ1n) is 5.82. The van der Waals surface area contributed by atoms with Crippen molar-refractivity contribution in [1.82, 2.24) is 0 Å². The summed E-state index contributed by atoms with van der Waals surface area (Å²) >= 11 is 3.36. The van der Waals surface area contributed by atoms with Gasteiger partial charge in [-0.3, -0.25) is 0 Å². The smallest absolute Gasteiger partial charge is 0.339 e. The molecule has 0 aromatic heterocycles. The van der Waals surface area contributed by atoms with Gasteiger partial charge in [0.25, 0.3) is 0 Å². The van der Waals surface area contributed by atoms with E-state index in [4.69, 9.17) is 4.74 Å². The molecule has 3 heteroatoms. The maximum absolute atomic E-state index is 11.7. The fraction of sp³-hybridized carbons (Fsp3) is 0.0625. The quantitative estimate of drug-likeness (QED) is 0.760. The van der Waals surface area contributed by atoms with Gasteiger partial charge in [0.05, 0.1) is 12.7 Å². The van der Waals surface area contributed by atoms with Gasteiger partial charge in [-0.1, -0.05) is 48.6 Å². The zero-order chi connectivity index (χ0) is 13.7.